The Hall–Kier alpha value is -2.89. The fraction of sp³-hybridized carbons (Fsp3) is 0.423. The second kappa shape index (κ2) is 7.33. The Kier molecular flexibility index (Phi) is 4.53. The zero-order chi connectivity index (χ0) is 21.9. The van der Waals surface area contributed by atoms with Gasteiger partial charge in [0.15, 0.2) is 0 Å². The van der Waals surface area contributed by atoms with E-state index in [1.807, 2.05) is 6.07 Å². The molecule has 4 aromatic rings. The third-order valence-corrected chi connectivity index (χ3v) is 7.34. The van der Waals surface area contributed by atoms with Crippen molar-refractivity contribution >= 4 is 41.2 Å². The third-order valence-electron chi connectivity index (χ3n) is 7.34. The predicted molar refractivity (Wildman–Crippen MR) is 131 cm³/mol. The van der Waals surface area contributed by atoms with Gasteiger partial charge in [0, 0.05) is 34.1 Å². The van der Waals surface area contributed by atoms with Gasteiger partial charge in [-0.3, -0.25) is 4.98 Å². The van der Waals surface area contributed by atoms with E-state index in [4.69, 9.17) is 12.8 Å². The Morgan fingerprint density at radius 2 is 2.06 bits per heavy atom. The molecule has 2 atom stereocenters. The molecule has 5 nitrogen and oxygen atoms in total. The van der Waals surface area contributed by atoms with Crippen LogP contribution in [0.15, 0.2) is 42.9 Å². The van der Waals surface area contributed by atoms with Crippen molar-refractivity contribution in [2.24, 2.45) is 5.92 Å². The first kappa shape index (κ1) is 19.8. The van der Waals surface area contributed by atoms with Gasteiger partial charge in [-0.2, -0.15) is 0 Å². The fourth-order valence-corrected chi connectivity index (χ4v) is 5.72. The normalized spacial score (nSPS) is 21.8. The van der Waals surface area contributed by atoms with E-state index in [0.29, 0.717) is 11.6 Å². The summed E-state index contributed by atoms with van der Waals surface area (Å²) in [7, 11) is 6.02. The molecule has 1 aromatic carbocycles. The molecule has 32 heavy (non-hydrogen) atoms. The van der Waals surface area contributed by atoms with Gasteiger partial charge in [0.25, 0.3) is 0 Å². The lowest BCUT2D eigenvalue weighted by atomic mass is 9.96. The number of benzene rings is 1. The van der Waals surface area contributed by atoms with E-state index >= 15 is 0 Å². The summed E-state index contributed by atoms with van der Waals surface area (Å²) in [4.78, 5) is 13.5. The zero-order valence-electron chi connectivity index (χ0n) is 18.8. The highest BCUT2D eigenvalue weighted by atomic mass is 15.1. The molecule has 6 rings (SSSR count). The van der Waals surface area contributed by atoms with Gasteiger partial charge in [0.2, 0.25) is 0 Å². The maximum atomic E-state index is 6.02. The Morgan fingerprint density at radius 1 is 1.16 bits per heavy atom. The summed E-state index contributed by atoms with van der Waals surface area (Å²) in [6, 6.07) is 11.7. The number of aryl methyl sites for hydroxylation is 1. The molecule has 1 N–H and O–H groups in total. The van der Waals surface area contributed by atoms with E-state index in [2.05, 4.69) is 64.2 Å². The van der Waals surface area contributed by atoms with Crippen LogP contribution in [0, 0.1) is 5.92 Å². The van der Waals surface area contributed by atoms with Crippen molar-refractivity contribution in [3.05, 3.63) is 54.0 Å². The minimum absolute atomic E-state index is 0.0946. The van der Waals surface area contributed by atoms with Crippen LogP contribution in [0.25, 0.3) is 21.9 Å². The summed E-state index contributed by atoms with van der Waals surface area (Å²) in [5, 5.41) is 5.77. The van der Waals surface area contributed by atoms with Crippen molar-refractivity contribution in [3.63, 3.8) is 0 Å². The van der Waals surface area contributed by atoms with Crippen LogP contribution in [-0.2, 0) is 12.8 Å². The molecule has 160 valence electrons. The molecular weight excluding hydrogens is 393 g/mol. The van der Waals surface area contributed by atoms with Crippen molar-refractivity contribution in [3.8, 4) is 0 Å². The number of aromatic nitrogens is 4. The van der Waals surface area contributed by atoms with E-state index in [1.165, 1.54) is 42.2 Å². The van der Waals surface area contributed by atoms with Crippen molar-refractivity contribution < 1.29 is 0 Å². The molecule has 0 bridgehead atoms. The number of nitrogens with zero attached hydrogens (tertiary/aromatic N) is 4. The van der Waals surface area contributed by atoms with Gasteiger partial charge in [-0.25, -0.2) is 9.97 Å². The summed E-state index contributed by atoms with van der Waals surface area (Å²) < 4.78 is 2.31. The third kappa shape index (κ3) is 3.46. The lowest BCUT2D eigenvalue weighted by Crippen LogP contribution is -2.27. The van der Waals surface area contributed by atoms with E-state index in [9.17, 15) is 0 Å². The van der Waals surface area contributed by atoms with E-state index in [1.54, 1.807) is 6.33 Å². The molecule has 2 unspecified atom stereocenters. The first-order valence-electron chi connectivity index (χ1n) is 11.7. The van der Waals surface area contributed by atoms with Crippen molar-refractivity contribution in [2.75, 3.05) is 5.32 Å². The predicted octanol–water partition coefficient (Wildman–Crippen LogP) is 4.49. The number of fused-ring (bicyclic) bond motifs is 3. The smallest absolute Gasteiger partial charge is 0.142 e. The second-order valence-electron chi connectivity index (χ2n) is 10.3. The van der Waals surface area contributed by atoms with Gasteiger partial charge in [-0.15, -0.1) is 0 Å². The number of rotatable bonds is 4. The lowest BCUT2D eigenvalue weighted by molar-refractivity contribution is 0.461. The molecule has 1 fully saturated rings. The van der Waals surface area contributed by atoms with E-state index in [-0.39, 0.29) is 5.54 Å². The Labute approximate surface area is 190 Å². The SMILES string of the molecule is [B]c1ncnc2c1ccn2C1CCC(CCc2ccc3cc4c(nc3c2)NC(C)(C)C4)C1. The standard InChI is InChI=1S/C26H28BN5/c1-26(2)14-19-13-18-7-5-17(12-22(18)30-24(19)31-26)4-3-16-6-8-20(11-16)32-10-9-21-23(27)28-15-29-25(21)32/h5,7,9-10,12-13,15-16,20H,3-4,6,8,11,14H2,1-2H3,(H,30,31). The molecule has 6 heteroatoms. The summed E-state index contributed by atoms with van der Waals surface area (Å²) in [5.74, 6) is 1.80. The van der Waals surface area contributed by atoms with Gasteiger partial charge in [-0.05, 0) is 87.6 Å². The zero-order valence-corrected chi connectivity index (χ0v) is 18.8. The summed E-state index contributed by atoms with van der Waals surface area (Å²) in [5.41, 5.74) is 5.45. The second-order valence-corrected chi connectivity index (χ2v) is 10.3. The van der Waals surface area contributed by atoms with Crippen LogP contribution in [-0.4, -0.2) is 32.9 Å². The van der Waals surface area contributed by atoms with Gasteiger partial charge in [0.1, 0.15) is 25.6 Å². The van der Waals surface area contributed by atoms with Crippen molar-refractivity contribution in [1.29, 1.82) is 0 Å². The van der Waals surface area contributed by atoms with Gasteiger partial charge in [-0.1, -0.05) is 12.1 Å². The monoisotopic (exact) mass is 421 g/mol. The number of hydrogen-bond acceptors (Lipinski definition) is 4. The molecule has 0 saturated heterocycles. The van der Waals surface area contributed by atoms with Crippen LogP contribution in [0.4, 0.5) is 5.82 Å². The fourth-order valence-electron chi connectivity index (χ4n) is 5.72. The molecule has 1 saturated carbocycles. The summed E-state index contributed by atoms with van der Waals surface area (Å²) in [6.45, 7) is 4.47. The molecule has 1 aliphatic heterocycles. The first-order chi connectivity index (χ1) is 15.4. The minimum atomic E-state index is 0.0946. The maximum absolute atomic E-state index is 6.02. The number of nitrogens with one attached hydrogen (secondary N) is 1. The quantitative estimate of drug-likeness (QED) is 0.494. The molecule has 1 aliphatic carbocycles. The number of pyridine rings is 1. The Balaban J connectivity index is 1.14. The van der Waals surface area contributed by atoms with Crippen LogP contribution in [0.1, 0.15) is 56.7 Å². The average molecular weight is 421 g/mol. The van der Waals surface area contributed by atoms with E-state index in [0.717, 1.165) is 41.1 Å². The van der Waals surface area contributed by atoms with Crippen LogP contribution in [0.2, 0.25) is 0 Å². The summed E-state index contributed by atoms with van der Waals surface area (Å²) in [6.07, 6.45) is 10.7. The van der Waals surface area contributed by atoms with Crippen LogP contribution < -0.4 is 10.9 Å². The summed E-state index contributed by atoms with van der Waals surface area (Å²) >= 11 is 0. The van der Waals surface area contributed by atoms with E-state index < -0.39 is 0 Å². The molecule has 0 spiro atoms. The van der Waals surface area contributed by atoms with Crippen LogP contribution in [0.3, 0.4) is 0 Å². The minimum Gasteiger partial charge on any atom is -0.365 e. The first-order valence-corrected chi connectivity index (χ1v) is 11.7. The average Bonchev–Trinajstić information content (AvgIpc) is 3.46. The molecule has 0 amide bonds. The maximum Gasteiger partial charge on any atom is 0.142 e. The molecule has 2 radical (unpaired) electrons. The Bertz CT molecular complexity index is 1320. The van der Waals surface area contributed by atoms with Crippen LogP contribution >= 0.6 is 0 Å². The van der Waals surface area contributed by atoms with Crippen LogP contribution in [0.5, 0.6) is 0 Å². The molecule has 3 aromatic heterocycles. The topological polar surface area (TPSA) is 55.6 Å². The molecule has 2 aliphatic rings. The Morgan fingerprint density at radius 3 is 2.97 bits per heavy atom. The number of anilines is 1. The largest absolute Gasteiger partial charge is 0.365 e. The van der Waals surface area contributed by atoms with Crippen molar-refractivity contribution in [2.45, 2.75) is 64.0 Å². The molecule has 4 heterocycles. The highest BCUT2D eigenvalue weighted by Gasteiger charge is 2.29. The van der Waals surface area contributed by atoms with Gasteiger partial charge in [0.05, 0.1) is 5.52 Å². The number of hydrogen-bond donors (Lipinski definition) is 1. The van der Waals surface area contributed by atoms with Gasteiger partial charge < -0.3 is 9.88 Å². The lowest BCUT2D eigenvalue weighted by Gasteiger charge is -2.17. The van der Waals surface area contributed by atoms with Crippen molar-refractivity contribution in [1.82, 2.24) is 19.5 Å². The molecular formula is C26H28BN5. The van der Waals surface area contributed by atoms with Gasteiger partial charge >= 0.3 is 0 Å². The highest BCUT2D eigenvalue weighted by Crippen LogP contribution is 2.39. The highest BCUT2D eigenvalue weighted by molar-refractivity contribution is 6.36.